The highest BCUT2D eigenvalue weighted by Gasteiger charge is 2.21. The highest BCUT2D eigenvalue weighted by atomic mass is 16.7. The minimum absolute atomic E-state index is 0.0354. The van der Waals surface area contributed by atoms with Crippen molar-refractivity contribution in [3.8, 4) is 0 Å². The Kier molecular flexibility index (Phi) is 4.75. The van der Waals surface area contributed by atoms with Gasteiger partial charge in [-0.25, -0.2) is 0 Å². The number of nitrogens with one attached hydrogen (secondary N) is 1. The summed E-state index contributed by atoms with van der Waals surface area (Å²) in [4.78, 5) is 0. The molecule has 1 aliphatic rings. The van der Waals surface area contributed by atoms with Crippen LogP contribution in [0.5, 0.6) is 0 Å². The summed E-state index contributed by atoms with van der Waals surface area (Å²) < 4.78 is 11.0. The molecule has 1 unspecified atom stereocenters. The number of aryl methyl sites for hydroxylation is 2. The van der Waals surface area contributed by atoms with Gasteiger partial charge in [0.1, 0.15) is 0 Å². The Labute approximate surface area is 109 Å². The van der Waals surface area contributed by atoms with E-state index in [1.807, 2.05) is 7.05 Å². The van der Waals surface area contributed by atoms with Crippen LogP contribution in [0.4, 0.5) is 0 Å². The van der Waals surface area contributed by atoms with Gasteiger partial charge in [0.2, 0.25) is 0 Å². The van der Waals surface area contributed by atoms with Crippen LogP contribution in [0.2, 0.25) is 0 Å². The van der Waals surface area contributed by atoms with Gasteiger partial charge in [0.25, 0.3) is 0 Å². The van der Waals surface area contributed by atoms with Gasteiger partial charge >= 0.3 is 0 Å². The van der Waals surface area contributed by atoms with E-state index in [9.17, 15) is 0 Å². The van der Waals surface area contributed by atoms with Crippen LogP contribution >= 0.6 is 0 Å². The zero-order valence-corrected chi connectivity index (χ0v) is 11.5. The maximum atomic E-state index is 5.52. The first-order valence-electron chi connectivity index (χ1n) is 6.66. The molecule has 100 valence electrons. The van der Waals surface area contributed by atoms with Crippen LogP contribution in [0.1, 0.15) is 23.1 Å². The Balaban J connectivity index is 2.00. The summed E-state index contributed by atoms with van der Waals surface area (Å²) in [6.07, 6.45) is 1.90. The molecular weight excluding hydrogens is 226 g/mol. The maximum Gasteiger partial charge on any atom is 0.159 e. The number of ether oxygens (including phenoxy) is 2. The smallest absolute Gasteiger partial charge is 0.159 e. The first-order valence-corrected chi connectivity index (χ1v) is 6.66. The van der Waals surface area contributed by atoms with Gasteiger partial charge in [-0.15, -0.1) is 0 Å². The van der Waals surface area contributed by atoms with E-state index in [1.54, 1.807) is 0 Å². The summed E-state index contributed by atoms with van der Waals surface area (Å²) in [6.45, 7) is 5.81. The third-order valence-corrected chi connectivity index (χ3v) is 3.67. The lowest BCUT2D eigenvalue weighted by Crippen LogP contribution is -2.32. The van der Waals surface area contributed by atoms with Crippen molar-refractivity contribution in [2.75, 3.05) is 20.3 Å². The standard InChI is InChI=1S/C15H23NO2/c1-11-5-4-6-12(2)14(11)9-13(16-3)10-15-17-7-8-18-15/h4-6,13,15-16H,7-10H2,1-3H3. The minimum atomic E-state index is -0.0354. The highest BCUT2D eigenvalue weighted by Crippen LogP contribution is 2.19. The molecule has 1 heterocycles. The van der Waals surface area contributed by atoms with Crippen LogP contribution in [-0.4, -0.2) is 32.6 Å². The van der Waals surface area contributed by atoms with Crippen molar-refractivity contribution in [3.63, 3.8) is 0 Å². The van der Waals surface area contributed by atoms with Gasteiger partial charge in [-0.1, -0.05) is 18.2 Å². The summed E-state index contributed by atoms with van der Waals surface area (Å²) in [5.41, 5.74) is 4.17. The fraction of sp³-hybridized carbons (Fsp3) is 0.600. The van der Waals surface area contributed by atoms with Gasteiger partial charge in [0.05, 0.1) is 13.2 Å². The second kappa shape index (κ2) is 6.32. The van der Waals surface area contributed by atoms with Crippen molar-refractivity contribution in [1.29, 1.82) is 0 Å². The fourth-order valence-corrected chi connectivity index (χ4v) is 2.50. The summed E-state index contributed by atoms with van der Waals surface area (Å²) in [6, 6.07) is 6.87. The normalized spacial score (nSPS) is 18.2. The predicted octanol–water partition coefficient (Wildman–Crippen LogP) is 2.20. The van der Waals surface area contributed by atoms with E-state index < -0.39 is 0 Å². The molecule has 0 aromatic heterocycles. The largest absolute Gasteiger partial charge is 0.350 e. The molecule has 0 spiro atoms. The van der Waals surface area contributed by atoms with E-state index in [0.29, 0.717) is 6.04 Å². The van der Waals surface area contributed by atoms with Crippen LogP contribution in [0.3, 0.4) is 0 Å². The molecule has 1 saturated heterocycles. The molecule has 0 aliphatic carbocycles. The summed E-state index contributed by atoms with van der Waals surface area (Å²) >= 11 is 0. The van der Waals surface area contributed by atoms with Gasteiger partial charge in [-0.2, -0.15) is 0 Å². The number of hydrogen-bond acceptors (Lipinski definition) is 3. The van der Waals surface area contributed by atoms with Gasteiger partial charge in [-0.3, -0.25) is 0 Å². The Bertz CT molecular complexity index is 366. The second-order valence-electron chi connectivity index (χ2n) is 4.97. The summed E-state index contributed by atoms with van der Waals surface area (Å²) in [5, 5.41) is 3.37. The summed E-state index contributed by atoms with van der Waals surface area (Å²) in [5.74, 6) is 0. The molecule has 1 fully saturated rings. The Morgan fingerprint density at radius 1 is 1.22 bits per heavy atom. The molecule has 1 N–H and O–H groups in total. The van der Waals surface area contributed by atoms with Crippen molar-refractivity contribution < 1.29 is 9.47 Å². The number of rotatable bonds is 5. The lowest BCUT2D eigenvalue weighted by Gasteiger charge is -2.21. The summed E-state index contributed by atoms with van der Waals surface area (Å²) in [7, 11) is 2.01. The molecule has 2 rings (SSSR count). The minimum Gasteiger partial charge on any atom is -0.350 e. The lowest BCUT2D eigenvalue weighted by atomic mass is 9.95. The van der Waals surface area contributed by atoms with Gasteiger partial charge in [0, 0.05) is 12.5 Å². The first kappa shape index (κ1) is 13.5. The van der Waals surface area contributed by atoms with Crippen molar-refractivity contribution in [2.24, 2.45) is 0 Å². The number of likely N-dealkylation sites (N-methyl/N-ethyl adjacent to an activating group) is 1. The van der Waals surface area contributed by atoms with Crippen molar-refractivity contribution in [2.45, 2.75) is 39.0 Å². The van der Waals surface area contributed by atoms with Crippen molar-refractivity contribution in [1.82, 2.24) is 5.32 Å². The van der Waals surface area contributed by atoms with Crippen LogP contribution in [0, 0.1) is 13.8 Å². The van der Waals surface area contributed by atoms with Gasteiger partial charge in [-0.05, 0) is 44.0 Å². The molecule has 0 saturated carbocycles. The third kappa shape index (κ3) is 3.31. The van der Waals surface area contributed by atoms with Crippen LogP contribution in [-0.2, 0) is 15.9 Å². The average Bonchev–Trinajstić information content (AvgIpc) is 2.85. The molecule has 3 heteroatoms. The van der Waals surface area contributed by atoms with E-state index in [0.717, 1.165) is 26.1 Å². The van der Waals surface area contributed by atoms with Crippen LogP contribution in [0.15, 0.2) is 18.2 Å². The van der Waals surface area contributed by atoms with E-state index >= 15 is 0 Å². The fourth-order valence-electron chi connectivity index (χ4n) is 2.50. The molecule has 1 atom stereocenters. The number of hydrogen-bond donors (Lipinski definition) is 1. The van der Waals surface area contributed by atoms with E-state index in [1.165, 1.54) is 16.7 Å². The van der Waals surface area contributed by atoms with Crippen molar-refractivity contribution >= 4 is 0 Å². The Morgan fingerprint density at radius 3 is 2.39 bits per heavy atom. The molecular formula is C15H23NO2. The predicted molar refractivity (Wildman–Crippen MR) is 72.8 cm³/mol. The SMILES string of the molecule is CNC(Cc1c(C)cccc1C)CC1OCCO1. The zero-order valence-electron chi connectivity index (χ0n) is 11.5. The van der Waals surface area contributed by atoms with Crippen LogP contribution < -0.4 is 5.32 Å². The molecule has 18 heavy (non-hydrogen) atoms. The van der Waals surface area contributed by atoms with Crippen LogP contribution in [0.25, 0.3) is 0 Å². The monoisotopic (exact) mass is 249 g/mol. The highest BCUT2D eigenvalue weighted by molar-refractivity contribution is 5.34. The quantitative estimate of drug-likeness (QED) is 0.868. The zero-order chi connectivity index (χ0) is 13.0. The van der Waals surface area contributed by atoms with Gasteiger partial charge in [0.15, 0.2) is 6.29 Å². The van der Waals surface area contributed by atoms with E-state index in [4.69, 9.17) is 9.47 Å². The molecule has 0 bridgehead atoms. The Morgan fingerprint density at radius 2 is 1.83 bits per heavy atom. The number of benzene rings is 1. The molecule has 0 amide bonds. The maximum absolute atomic E-state index is 5.52. The molecule has 1 aliphatic heterocycles. The molecule has 1 aromatic carbocycles. The average molecular weight is 249 g/mol. The third-order valence-electron chi connectivity index (χ3n) is 3.67. The first-order chi connectivity index (χ1) is 8.70. The second-order valence-corrected chi connectivity index (χ2v) is 4.97. The Hall–Kier alpha value is -0.900. The molecule has 0 radical (unpaired) electrons. The van der Waals surface area contributed by atoms with Crippen molar-refractivity contribution in [3.05, 3.63) is 34.9 Å². The van der Waals surface area contributed by atoms with E-state index in [-0.39, 0.29) is 6.29 Å². The molecule has 1 aromatic rings. The van der Waals surface area contributed by atoms with E-state index in [2.05, 4.69) is 37.4 Å². The van der Waals surface area contributed by atoms with Gasteiger partial charge < -0.3 is 14.8 Å². The lowest BCUT2D eigenvalue weighted by molar-refractivity contribution is -0.0522. The molecule has 3 nitrogen and oxygen atoms in total. The topological polar surface area (TPSA) is 30.5 Å².